The van der Waals surface area contributed by atoms with Gasteiger partial charge in [0.25, 0.3) is 5.91 Å². The average Bonchev–Trinajstić information content (AvgIpc) is 2.89. The van der Waals surface area contributed by atoms with Gasteiger partial charge in [-0.1, -0.05) is 23.7 Å². The number of rotatable bonds is 7. The number of alkyl carbamates (subject to hydrolysis) is 1. The van der Waals surface area contributed by atoms with Gasteiger partial charge in [0.15, 0.2) is 15.6 Å². The number of Topliss-reactive ketones (excluding diaryl/α,β-unsaturated/α-hetero) is 1. The fourth-order valence-corrected chi connectivity index (χ4v) is 6.54. The molecule has 1 saturated carbocycles. The van der Waals surface area contributed by atoms with E-state index in [0.29, 0.717) is 17.0 Å². The van der Waals surface area contributed by atoms with Crippen LogP contribution in [0.15, 0.2) is 47.4 Å². The van der Waals surface area contributed by atoms with Crippen LogP contribution in [0.2, 0.25) is 5.02 Å². The van der Waals surface area contributed by atoms with Gasteiger partial charge in [-0.3, -0.25) is 9.59 Å². The quantitative estimate of drug-likeness (QED) is 0.419. The van der Waals surface area contributed by atoms with Crippen LogP contribution in [0.3, 0.4) is 0 Å². The first-order valence-electron chi connectivity index (χ1n) is 12.9. The summed E-state index contributed by atoms with van der Waals surface area (Å²) in [6.45, 7) is 4.84. The number of hydrogen-bond acceptors (Lipinski definition) is 6. The van der Waals surface area contributed by atoms with Gasteiger partial charge in [-0.15, -0.1) is 0 Å². The fraction of sp³-hybridized carbons (Fsp3) is 0.464. The molecule has 1 fully saturated rings. The molecule has 2 amide bonds. The van der Waals surface area contributed by atoms with E-state index in [-0.39, 0.29) is 53.7 Å². The van der Waals surface area contributed by atoms with Crippen LogP contribution in [0.1, 0.15) is 62.4 Å². The Morgan fingerprint density at radius 3 is 2.38 bits per heavy atom. The number of halogens is 3. The maximum atomic E-state index is 13.8. The Balaban J connectivity index is 1.67. The smallest absolute Gasteiger partial charge is 0.408 e. The van der Waals surface area contributed by atoms with E-state index in [1.54, 1.807) is 45.0 Å². The first kappa shape index (κ1) is 29.9. The molecule has 12 heteroatoms. The van der Waals surface area contributed by atoms with Crippen LogP contribution in [0.5, 0.6) is 0 Å². The van der Waals surface area contributed by atoms with Crippen molar-refractivity contribution in [1.29, 1.82) is 0 Å². The number of amides is 2. The maximum absolute atomic E-state index is 13.8. The molecule has 2 aromatic rings. The van der Waals surface area contributed by atoms with E-state index in [1.807, 2.05) is 0 Å². The lowest BCUT2D eigenvalue weighted by atomic mass is 9.78. The molecular weight excluding hydrogens is 566 g/mol. The second-order valence-corrected chi connectivity index (χ2v) is 13.7. The molecule has 1 aliphatic heterocycles. The minimum Gasteiger partial charge on any atom is -0.444 e. The lowest BCUT2D eigenvalue weighted by Crippen LogP contribution is -2.51. The zero-order valence-electron chi connectivity index (χ0n) is 22.4. The van der Waals surface area contributed by atoms with Gasteiger partial charge in [-0.2, -0.15) is 0 Å². The molecule has 2 aliphatic rings. The molecule has 8 nitrogen and oxygen atoms in total. The van der Waals surface area contributed by atoms with Gasteiger partial charge in [0.2, 0.25) is 5.92 Å². The van der Waals surface area contributed by atoms with Crippen LogP contribution >= 0.6 is 11.6 Å². The molecule has 0 radical (unpaired) electrons. The third kappa shape index (κ3) is 7.17. The molecule has 2 aromatic carbocycles. The molecule has 0 spiro atoms. The number of carbonyl (C=O) groups excluding carboxylic acids is 3. The Labute approximate surface area is 236 Å². The molecule has 216 valence electrons. The Hall–Kier alpha value is -3.05. The number of carbonyl (C=O) groups is 3. The van der Waals surface area contributed by atoms with Gasteiger partial charge < -0.3 is 15.0 Å². The van der Waals surface area contributed by atoms with E-state index < -0.39 is 45.2 Å². The minimum atomic E-state index is -4.11. The Morgan fingerprint density at radius 2 is 1.77 bits per heavy atom. The van der Waals surface area contributed by atoms with Crippen molar-refractivity contribution in [3.63, 3.8) is 0 Å². The third-order valence-electron chi connectivity index (χ3n) is 6.76. The summed E-state index contributed by atoms with van der Waals surface area (Å²) in [6.07, 6.45) is -1.15. The Kier molecular flexibility index (Phi) is 8.29. The third-order valence-corrected chi connectivity index (χ3v) is 8.80. The monoisotopic (exact) mass is 596 g/mol. The van der Waals surface area contributed by atoms with Crippen molar-refractivity contribution in [1.82, 2.24) is 5.32 Å². The second-order valence-electron chi connectivity index (χ2n) is 11.3. The predicted molar refractivity (Wildman–Crippen MR) is 146 cm³/mol. The molecule has 40 heavy (non-hydrogen) atoms. The first-order chi connectivity index (χ1) is 18.5. The number of ketones is 1. The SMILES string of the molecule is CC(C)(C)OC(=O)N[C@H]1CS(=O)(=O)c2ccc(C(=O)CCC3CC(F)(F)C3)cc2N(Cc2ccc(Cl)cc2)C1=O. The molecule has 1 N–H and O–H groups in total. The van der Waals surface area contributed by atoms with Gasteiger partial charge in [-0.05, 0) is 69.0 Å². The summed E-state index contributed by atoms with van der Waals surface area (Å²) >= 11 is 6.00. The summed E-state index contributed by atoms with van der Waals surface area (Å²) < 4.78 is 58.5. The Morgan fingerprint density at radius 1 is 1.12 bits per heavy atom. The average molecular weight is 597 g/mol. The van der Waals surface area contributed by atoms with E-state index in [9.17, 15) is 31.6 Å². The maximum Gasteiger partial charge on any atom is 0.408 e. The van der Waals surface area contributed by atoms with E-state index in [4.69, 9.17) is 16.3 Å². The van der Waals surface area contributed by atoms with Gasteiger partial charge in [-0.25, -0.2) is 22.0 Å². The summed E-state index contributed by atoms with van der Waals surface area (Å²) in [5.41, 5.74) is -0.100. The summed E-state index contributed by atoms with van der Waals surface area (Å²) in [5.74, 6) is -4.69. The van der Waals surface area contributed by atoms with E-state index in [1.165, 1.54) is 23.1 Å². The Bertz CT molecular complexity index is 1420. The zero-order valence-corrected chi connectivity index (χ0v) is 24.0. The molecule has 0 bridgehead atoms. The van der Waals surface area contributed by atoms with Crippen molar-refractivity contribution in [2.24, 2.45) is 5.92 Å². The minimum absolute atomic E-state index is 0.00512. The topological polar surface area (TPSA) is 110 Å². The summed E-state index contributed by atoms with van der Waals surface area (Å²) in [4.78, 5) is 40.3. The number of alkyl halides is 2. The van der Waals surface area contributed by atoms with Crippen LogP contribution in [0, 0.1) is 5.92 Å². The van der Waals surface area contributed by atoms with Crippen LogP contribution in [-0.2, 0) is 25.9 Å². The number of fused-ring (bicyclic) bond motifs is 1. The highest BCUT2D eigenvalue weighted by molar-refractivity contribution is 7.91. The summed E-state index contributed by atoms with van der Waals surface area (Å²) in [5, 5.41) is 2.86. The molecule has 0 saturated heterocycles. The van der Waals surface area contributed by atoms with Gasteiger partial charge >= 0.3 is 6.09 Å². The molecule has 0 unspecified atom stereocenters. The summed E-state index contributed by atoms with van der Waals surface area (Å²) in [6, 6.07) is 9.11. The second kappa shape index (κ2) is 11.1. The molecular formula is C28H31ClF2N2O6S. The van der Waals surface area contributed by atoms with Gasteiger partial charge in [0.05, 0.1) is 22.9 Å². The lowest BCUT2D eigenvalue weighted by Gasteiger charge is -2.34. The lowest BCUT2D eigenvalue weighted by molar-refractivity contribution is -0.120. The van der Waals surface area contributed by atoms with E-state index in [2.05, 4.69) is 5.32 Å². The number of benzene rings is 2. The van der Waals surface area contributed by atoms with Crippen molar-refractivity contribution in [2.45, 2.75) is 75.5 Å². The van der Waals surface area contributed by atoms with Crippen LogP contribution in [0.4, 0.5) is 19.3 Å². The normalized spacial score (nSPS) is 20.2. The standard InChI is InChI=1S/C28H31ClF2N2O6S/c1-27(2,3)39-26(36)32-21-16-40(37,38)24-11-7-19(23(34)10-6-18-13-28(30,31)14-18)12-22(24)33(25(21)35)15-17-4-8-20(29)9-5-17/h4-5,7-9,11-12,18,21H,6,10,13-16H2,1-3H3,(H,32,36)/t21-/m0/s1. The predicted octanol–water partition coefficient (Wildman–Crippen LogP) is 5.56. The van der Waals surface area contributed by atoms with Crippen molar-refractivity contribution >= 4 is 44.9 Å². The summed E-state index contributed by atoms with van der Waals surface area (Å²) in [7, 11) is -4.11. The number of hydrogen-bond donors (Lipinski definition) is 1. The highest BCUT2D eigenvalue weighted by atomic mass is 35.5. The number of anilines is 1. The number of nitrogens with zero attached hydrogens (tertiary/aromatic N) is 1. The zero-order chi connectivity index (χ0) is 29.5. The van der Waals surface area contributed by atoms with Crippen LogP contribution in [0.25, 0.3) is 0 Å². The highest BCUT2D eigenvalue weighted by Crippen LogP contribution is 2.44. The van der Waals surface area contributed by atoms with E-state index >= 15 is 0 Å². The largest absolute Gasteiger partial charge is 0.444 e. The molecule has 4 rings (SSSR count). The molecule has 1 aliphatic carbocycles. The molecule has 0 aromatic heterocycles. The molecule has 1 heterocycles. The number of sulfone groups is 1. The number of ether oxygens (including phenoxy) is 1. The number of nitrogens with one attached hydrogen (secondary N) is 1. The van der Waals surface area contributed by atoms with Crippen molar-refractivity contribution in [3.8, 4) is 0 Å². The van der Waals surface area contributed by atoms with Gasteiger partial charge in [0.1, 0.15) is 11.6 Å². The fourth-order valence-electron chi connectivity index (χ4n) is 4.81. The highest BCUT2D eigenvalue weighted by Gasteiger charge is 2.45. The van der Waals surface area contributed by atoms with Crippen molar-refractivity contribution < 1.29 is 36.3 Å². The van der Waals surface area contributed by atoms with Crippen molar-refractivity contribution in [2.75, 3.05) is 10.7 Å². The van der Waals surface area contributed by atoms with Crippen molar-refractivity contribution in [3.05, 3.63) is 58.6 Å². The first-order valence-corrected chi connectivity index (χ1v) is 14.9. The molecule has 1 atom stereocenters. The van der Waals surface area contributed by atoms with Crippen LogP contribution < -0.4 is 10.2 Å². The van der Waals surface area contributed by atoms with Gasteiger partial charge in [0, 0.05) is 29.8 Å². The van der Waals surface area contributed by atoms with Crippen LogP contribution in [-0.4, -0.2) is 49.5 Å². The van der Waals surface area contributed by atoms with E-state index in [0.717, 1.165) is 0 Å².